The van der Waals surface area contributed by atoms with Gasteiger partial charge in [0.25, 0.3) is 0 Å². The van der Waals surface area contributed by atoms with Crippen LogP contribution in [0, 0.1) is 0 Å². The van der Waals surface area contributed by atoms with Gasteiger partial charge < -0.3 is 20.3 Å². The van der Waals surface area contributed by atoms with E-state index in [1.807, 2.05) is 19.0 Å². The van der Waals surface area contributed by atoms with Crippen LogP contribution < -0.4 is 5.73 Å². The van der Waals surface area contributed by atoms with Crippen LogP contribution in [0.4, 0.5) is 13.2 Å². The minimum absolute atomic E-state index is 0.205. The van der Waals surface area contributed by atoms with E-state index in [4.69, 9.17) is 10.5 Å². The van der Waals surface area contributed by atoms with E-state index < -0.39 is 18.0 Å². The number of hydrogen-bond donors (Lipinski definition) is 1. The number of rotatable bonds is 5. The summed E-state index contributed by atoms with van der Waals surface area (Å²) in [5, 5.41) is 0. The molecule has 0 aliphatic carbocycles. The van der Waals surface area contributed by atoms with Crippen molar-refractivity contribution in [2.75, 3.05) is 33.8 Å². The Labute approximate surface area is 111 Å². The minimum Gasteiger partial charge on any atom is -0.398 e. The van der Waals surface area contributed by atoms with E-state index in [9.17, 15) is 13.2 Å². The molecule has 0 amide bonds. The predicted molar refractivity (Wildman–Crippen MR) is 67.1 cm³/mol. The lowest BCUT2D eigenvalue weighted by Gasteiger charge is -2.31. The quantitative estimate of drug-likeness (QED) is 0.828. The maximum absolute atomic E-state index is 12.9. The van der Waals surface area contributed by atoms with Gasteiger partial charge >= 0.3 is 6.18 Å². The van der Waals surface area contributed by atoms with Gasteiger partial charge in [-0.3, -0.25) is 0 Å². The summed E-state index contributed by atoms with van der Waals surface area (Å²) in [4.78, 5) is 2.97. The van der Waals surface area contributed by atoms with E-state index in [0.717, 1.165) is 11.0 Å². The van der Waals surface area contributed by atoms with E-state index >= 15 is 0 Å². The average molecular weight is 279 g/mol. The largest absolute Gasteiger partial charge is 0.431 e. The normalized spacial score (nSPS) is 20.6. The number of ether oxygens (including phenoxy) is 1. The highest BCUT2D eigenvalue weighted by molar-refractivity contribution is 5.26. The summed E-state index contributed by atoms with van der Waals surface area (Å²) >= 11 is 0. The molecule has 0 aromatic rings. The zero-order valence-electron chi connectivity index (χ0n) is 11.4. The Morgan fingerprint density at radius 3 is 2.53 bits per heavy atom. The van der Waals surface area contributed by atoms with Gasteiger partial charge in [-0.25, -0.2) is 0 Å². The van der Waals surface area contributed by atoms with Crippen LogP contribution in [0.25, 0.3) is 0 Å². The molecule has 1 rings (SSSR count). The second-order valence-electron chi connectivity index (χ2n) is 4.56. The van der Waals surface area contributed by atoms with Gasteiger partial charge in [0.1, 0.15) is 11.8 Å². The molecule has 1 atom stereocenters. The number of nitrogens with two attached hydrogens (primary N) is 1. The zero-order chi connectivity index (χ0) is 14.6. The highest BCUT2D eigenvalue weighted by atomic mass is 19.4. The summed E-state index contributed by atoms with van der Waals surface area (Å²) in [6, 6.07) is 0. The Kier molecular flexibility index (Phi) is 5.25. The molecule has 1 heterocycles. The second kappa shape index (κ2) is 6.29. The minimum atomic E-state index is -4.41. The van der Waals surface area contributed by atoms with Crippen molar-refractivity contribution in [3.05, 3.63) is 23.7 Å². The first-order valence-electron chi connectivity index (χ1n) is 6.05. The van der Waals surface area contributed by atoms with Gasteiger partial charge in [0.15, 0.2) is 0 Å². The second-order valence-corrected chi connectivity index (χ2v) is 4.56. The molecular formula is C12H20F3N3O. The topological polar surface area (TPSA) is 41.7 Å². The number of halogens is 3. The molecule has 0 aromatic heterocycles. The third kappa shape index (κ3) is 4.43. The molecule has 0 saturated heterocycles. The van der Waals surface area contributed by atoms with Crippen molar-refractivity contribution in [3.8, 4) is 0 Å². The molecule has 0 fully saturated rings. The van der Waals surface area contributed by atoms with Gasteiger partial charge in [-0.15, -0.1) is 0 Å². The van der Waals surface area contributed by atoms with Crippen molar-refractivity contribution in [2.24, 2.45) is 5.73 Å². The molecule has 7 heteroatoms. The summed E-state index contributed by atoms with van der Waals surface area (Å²) in [6.45, 7) is 2.78. The van der Waals surface area contributed by atoms with Crippen LogP contribution in [0.3, 0.4) is 0 Å². The van der Waals surface area contributed by atoms with E-state index in [2.05, 4.69) is 0 Å². The van der Waals surface area contributed by atoms with Crippen molar-refractivity contribution in [3.63, 3.8) is 0 Å². The zero-order valence-corrected chi connectivity index (χ0v) is 11.4. The monoisotopic (exact) mass is 279 g/mol. The Hall–Kier alpha value is -1.21. The Balaban J connectivity index is 2.79. The average Bonchev–Trinajstić information content (AvgIpc) is 2.28. The standard InChI is InChI=1S/C12H20F3N3O/c1-4-18-8-9(16)10(19-6-5-17(2)3)7-11(18)12(13,14)15/h7-8,10H,4-6,16H2,1-3H3. The number of likely N-dealkylation sites (N-methyl/N-ethyl adjacent to an activating group) is 1. The Morgan fingerprint density at radius 1 is 1.42 bits per heavy atom. The lowest BCUT2D eigenvalue weighted by molar-refractivity contribution is -0.109. The van der Waals surface area contributed by atoms with E-state index in [1.165, 1.54) is 6.20 Å². The van der Waals surface area contributed by atoms with Gasteiger partial charge in [0, 0.05) is 19.3 Å². The lowest BCUT2D eigenvalue weighted by Crippen LogP contribution is -2.37. The van der Waals surface area contributed by atoms with Crippen molar-refractivity contribution < 1.29 is 17.9 Å². The molecule has 0 radical (unpaired) electrons. The molecule has 1 aliphatic heterocycles. The molecule has 2 N–H and O–H groups in total. The van der Waals surface area contributed by atoms with Gasteiger partial charge in [0.05, 0.1) is 12.3 Å². The molecule has 19 heavy (non-hydrogen) atoms. The van der Waals surface area contributed by atoms with Crippen molar-refractivity contribution in [1.82, 2.24) is 9.80 Å². The van der Waals surface area contributed by atoms with E-state index in [-0.39, 0.29) is 12.2 Å². The smallest absolute Gasteiger partial charge is 0.398 e. The third-order valence-electron chi connectivity index (χ3n) is 2.72. The molecule has 110 valence electrons. The molecule has 0 bridgehead atoms. The van der Waals surface area contributed by atoms with Crippen molar-refractivity contribution in [2.45, 2.75) is 19.2 Å². The van der Waals surface area contributed by atoms with Gasteiger partial charge in [0.2, 0.25) is 0 Å². The van der Waals surface area contributed by atoms with Crippen LogP contribution in [0.15, 0.2) is 23.7 Å². The molecule has 1 unspecified atom stereocenters. The fraction of sp³-hybridized carbons (Fsp3) is 0.667. The van der Waals surface area contributed by atoms with Crippen LogP contribution in [0.2, 0.25) is 0 Å². The van der Waals surface area contributed by atoms with Crippen LogP contribution >= 0.6 is 0 Å². The highest BCUT2D eigenvalue weighted by Crippen LogP contribution is 2.32. The number of allylic oxidation sites excluding steroid dienone is 1. The maximum Gasteiger partial charge on any atom is 0.431 e. The van der Waals surface area contributed by atoms with E-state index in [1.54, 1.807) is 6.92 Å². The van der Waals surface area contributed by atoms with Gasteiger partial charge in [-0.2, -0.15) is 13.2 Å². The first-order chi connectivity index (χ1) is 8.75. The first-order valence-corrected chi connectivity index (χ1v) is 6.05. The van der Waals surface area contributed by atoms with Crippen LogP contribution in [0.5, 0.6) is 0 Å². The summed E-state index contributed by atoms with van der Waals surface area (Å²) < 4.78 is 44.0. The number of hydrogen-bond acceptors (Lipinski definition) is 4. The van der Waals surface area contributed by atoms with Crippen molar-refractivity contribution in [1.29, 1.82) is 0 Å². The SMILES string of the molecule is CCN1C=C(N)C(OCCN(C)C)C=C1C(F)(F)F. The molecule has 0 saturated carbocycles. The molecule has 1 aliphatic rings. The van der Waals surface area contributed by atoms with Crippen LogP contribution in [-0.4, -0.2) is 55.9 Å². The fourth-order valence-electron chi connectivity index (χ4n) is 1.68. The molecular weight excluding hydrogens is 259 g/mol. The summed E-state index contributed by atoms with van der Waals surface area (Å²) in [5.41, 5.74) is 5.30. The number of alkyl halides is 3. The fourth-order valence-corrected chi connectivity index (χ4v) is 1.68. The van der Waals surface area contributed by atoms with Gasteiger partial charge in [-0.05, 0) is 27.1 Å². The highest BCUT2D eigenvalue weighted by Gasteiger charge is 2.39. The lowest BCUT2D eigenvalue weighted by atomic mass is 10.1. The molecule has 0 spiro atoms. The number of nitrogens with zero attached hydrogens (tertiary/aromatic N) is 2. The Bertz CT molecular complexity index is 364. The van der Waals surface area contributed by atoms with Crippen LogP contribution in [-0.2, 0) is 4.74 Å². The third-order valence-corrected chi connectivity index (χ3v) is 2.72. The predicted octanol–water partition coefficient (Wildman–Crippen LogP) is 1.51. The Morgan fingerprint density at radius 2 is 2.05 bits per heavy atom. The summed E-state index contributed by atoms with van der Waals surface area (Å²) in [6.07, 6.45) is -2.90. The van der Waals surface area contributed by atoms with Crippen molar-refractivity contribution >= 4 is 0 Å². The van der Waals surface area contributed by atoms with Crippen LogP contribution in [0.1, 0.15) is 6.92 Å². The summed E-state index contributed by atoms with van der Waals surface area (Å²) in [7, 11) is 3.72. The molecule has 4 nitrogen and oxygen atoms in total. The molecule has 0 aromatic carbocycles. The maximum atomic E-state index is 12.9. The first kappa shape index (κ1) is 15.8. The summed E-state index contributed by atoms with van der Waals surface area (Å²) in [5.74, 6) is 0. The van der Waals surface area contributed by atoms with Gasteiger partial charge in [-0.1, -0.05) is 0 Å². The van der Waals surface area contributed by atoms with E-state index in [0.29, 0.717) is 13.2 Å².